The van der Waals surface area contributed by atoms with Crippen molar-refractivity contribution in [3.8, 4) is 0 Å². The van der Waals surface area contributed by atoms with Crippen LogP contribution in [-0.4, -0.2) is 46.9 Å². The Hall–Kier alpha value is -1.42. The highest BCUT2D eigenvalue weighted by molar-refractivity contribution is 5.73. The summed E-state index contributed by atoms with van der Waals surface area (Å²) in [5, 5.41) is 0. The first kappa shape index (κ1) is 11.1. The summed E-state index contributed by atoms with van der Waals surface area (Å²) in [4.78, 5) is 19.5. The lowest BCUT2D eigenvalue weighted by atomic mass is 10.2. The van der Waals surface area contributed by atoms with E-state index in [0.29, 0.717) is 0 Å². The van der Waals surface area contributed by atoms with Crippen LogP contribution in [0.1, 0.15) is 12.5 Å². The molecule has 1 aromatic heterocycles. The van der Waals surface area contributed by atoms with Crippen LogP contribution in [0.25, 0.3) is 0 Å². The fraction of sp³-hybridized carbons (Fsp3) is 0.500. The molecule has 1 aliphatic heterocycles. The molecule has 4 nitrogen and oxygen atoms in total. The Labute approximate surface area is 95.9 Å². The lowest BCUT2D eigenvalue weighted by molar-refractivity contribution is -0.130. The van der Waals surface area contributed by atoms with Gasteiger partial charge in [-0.05, 0) is 11.6 Å². The predicted octanol–water partition coefficient (Wildman–Crippen LogP) is 0.746. The number of pyridine rings is 1. The predicted molar refractivity (Wildman–Crippen MR) is 61.8 cm³/mol. The number of hydrogen-bond donors (Lipinski definition) is 0. The molecule has 0 aromatic carbocycles. The van der Waals surface area contributed by atoms with Gasteiger partial charge in [0.05, 0.1) is 0 Å². The number of rotatable bonds is 2. The number of carbonyl (C=O) groups is 1. The molecule has 0 saturated carbocycles. The van der Waals surface area contributed by atoms with Crippen LogP contribution >= 0.6 is 0 Å². The fourth-order valence-corrected chi connectivity index (χ4v) is 1.97. The van der Waals surface area contributed by atoms with Crippen LogP contribution in [0, 0.1) is 0 Å². The lowest BCUT2D eigenvalue weighted by Crippen LogP contribution is -2.47. The van der Waals surface area contributed by atoms with Gasteiger partial charge in [0.25, 0.3) is 0 Å². The van der Waals surface area contributed by atoms with E-state index in [1.807, 2.05) is 17.2 Å². The topological polar surface area (TPSA) is 36.4 Å². The van der Waals surface area contributed by atoms with Gasteiger partial charge in [0, 0.05) is 52.0 Å². The Kier molecular flexibility index (Phi) is 3.51. The van der Waals surface area contributed by atoms with E-state index >= 15 is 0 Å². The normalized spacial score (nSPS) is 17.4. The van der Waals surface area contributed by atoms with E-state index in [1.165, 1.54) is 5.56 Å². The lowest BCUT2D eigenvalue weighted by Gasteiger charge is -2.34. The molecule has 4 heteroatoms. The molecular weight excluding hydrogens is 202 g/mol. The second kappa shape index (κ2) is 5.07. The average molecular weight is 219 g/mol. The molecule has 0 aliphatic carbocycles. The Morgan fingerprint density at radius 1 is 1.38 bits per heavy atom. The van der Waals surface area contributed by atoms with Crippen LogP contribution in [0.15, 0.2) is 24.5 Å². The molecule has 1 aromatic rings. The second-order valence-corrected chi connectivity index (χ2v) is 4.14. The van der Waals surface area contributed by atoms with Crippen molar-refractivity contribution in [1.82, 2.24) is 14.8 Å². The summed E-state index contributed by atoms with van der Waals surface area (Å²) in [6.07, 6.45) is 3.69. The Bertz CT molecular complexity index is 345. The van der Waals surface area contributed by atoms with Gasteiger partial charge in [0.15, 0.2) is 0 Å². The van der Waals surface area contributed by atoms with Gasteiger partial charge >= 0.3 is 0 Å². The maximum atomic E-state index is 11.2. The van der Waals surface area contributed by atoms with Crippen LogP contribution in [0.5, 0.6) is 0 Å². The molecule has 0 bridgehead atoms. The molecule has 0 atom stereocenters. The third-order valence-electron chi connectivity index (χ3n) is 2.95. The number of piperazine rings is 1. The van der Waals surface area contributed by atoms with Crippen molar-refractivity contribution in [2.24, 2.45) is 0 Å². The first-order chi connectivity index (χ1) is 7.75. The minimum absolute atomic E-state index is 0.182. The monoisotopic (exact) mass is 219 g/mol. The largest absolute Gasteiger partial charge is 0.340 e. The average Bonchev–Trinajstić information content (AvgIpc) is 2.31. The highest BCUT2D eigenvalue weighted by atomic mass is 16.2. The van der Waals surface area contributed by atoms with Crippen molar-refractivity contribution >= 4 is 5.91 Å². The quantitative estimate of drug-likeness (QED) is 0.736. The van der Waals surface area contributed by atoms with Gasteiger partial charge in [-0.15, -0.1) is 0 Å². The van der Waals surface area contributed by atoms with E-state index in [1.54, 1.807) is 13.1 Å². The van der Waals surface area contributed by atoms with E-state index < -0.39 is 0 Å². The molecule has 1 amide bonds. The van der Waals surface area contributed by atoms with Crippen LogP contribution in [0.2, 0.25) is 0 Å². The van der Waals surface area contributed by atoms with Crippen molar-refractivity contribution in [1.29, 1.82) is 0 Å². The van der Waals surface area contributed by atoms with Crippen LogP contribution in [0.4, 0.5) is 0 Å². The molecule has 0 N–H and O–H groups in total. The van der Waals surface area contributed by atoms with Gasteiger partial charge in [-0.1, -0.05) is 6.07 Å². The first-order valence-corrected chi connectivity index (χ1v) is 5.62. The molecule has 16 heavy (non-hydrogen) atoms. The molecule has 2 heterocycles. The number of aromatic nitrogens is 1. The molecule has 0 unspecified atom stereocenters. The molecule has 1 saturated heterocycles. The van der Waals surface area contributed by atoms with Crippen molar-refractivity contribution in [3.05, 3.63) is 30.1 Å². The molecule has 0 spiro atoms. The molecule has 2 rings (SSSR count). The van der Waals surface area contributed by atoms with E-state index in [9.17, 15) is 4.79 Å². The van der Waals surface area contributed by atoms with E-state index in [-0.39, 0.29) is 5.91 Å². The number of amides is 1. The minimum atomic E-state index is 0.182. The maximum Gasteiger partial charge on any atom is 0.219 e. The summed E-state index contributed by atoms with van der Waals surface area (Å²) in [6.45, 7) is 6.16. The van der Waals surface area contributed by atoms with Gasteiger partial charge in [-0.25, -0.2) is 0 Å². The standard InChI is InChI=1S/C12H17N3O/c1-11(16)15-7-5-14(6-8-15)10-12-3-2-4-13-9-12/h2-4,9H,5-8,10H2,1H3. The summed E-state index contributed by atoms with van der Waals surface area (Å²) in [5.41, 5.74) is 1.23. The molecule has 1 fully saturated rings. The van der Waals surface area contributed by atoms with Crippen LogP contribution in [0.3, 0.4) is 0 Å². The van der Waals surface area contributed by atoms with Crippen LogP contribution < -0.4 is 0 Å². The van der Waals surface area contributed by atoms with Gasteiger partial charge in [0.2, 0.25) is 5.91 Å². The third-order valence-corrected chi connectivity index (χ3v) is 2.95. The summed E-state index contributed by atoms with van der Waals surface area (Å²) < 4.78 is 0. The summed E-state index contributed by atoms with van der Waals surface area (Å²) in [7, 11) is 0. The molecule has 1 aliphatic rings. The Morgan fingerprint density at radius 2 is 2.12 bits per heavy atom. The smallest absolute Gasteiger partial charge is 0.219 e. The van der Waals surface area contributed by atoms with Crippen molar-refractivity contribution in [3.63, 3.8) is 0 Å². The number of nitrogens with zero attached hydrogens (tertiary/aromatic N) is 3. The van der Waals surface area contributed by atoms with Crippen LogP contribution in [-0.2, 0) is 11.3 Å². The second-order valence-electron chi connectivity index (χ2n) is 4.14. The third kappa shape index (κ3) is 2.79. The zero-order chi connectivity index (χ0) is 11.4. The zero-order valence-corrected chi connectivity index (χ0v) is 9.59. The summed E-state index contributed by atoms with van der Waals surface area (Å²) in [5.74, 6) is 0.182. The molecular formula is C12H17N3O. The van der Waals surface area contributed by atoms with E-state index in [2.05, 4.69) is 16.0 Å². The maximum absolute atomic E-state index is 11.2. The van der Waals surface area contributed by atoms with Crippen molar-refractivity contribution in [2.75, 3.05) is 26.2 Å². The van der Waals surface area contributed by atoms with Gasteiger partial charge < -0.3 is 4.90 Å². The van der Waals surface area contributed by atoms with Crippen molar-refractivity contribution in [2.45, 2.75) is 13.5 Å². The SMILES string of the molecule is CC(=O)N1CCN(Cc2cccnc2)CC1. The summed E-state index contributed by atoms with van der Waals surface area (Å²) in [6, 6.07) is 4.05. The summed E-state index contributed by atoms with van der Waals surface area (Å²) >= 11 is 0. The highest BCUT2D eigenvalue weighted by Crippen LogP contribution is 2.07. The highest BCUT2D eigenvalue weighted by Gasteiger charge is 2.18. The van der Waals surface area contributed by atoms with Gasteiger partial charge in [-0.2, -0.15) is 0 Å². The fourth-order valence-electron chi connectivity index (χ4n) is 1.97. The number of hydrogen-bond acceptors (Lipinski definition) is 3. The molecule has 86 valence electrons. The molecule has 0 radical (unpaired) electrons. The Morgan fingerprint density at radius 3 is 2.69 bits per heavy atom. The number of carbonyl (C=O) groups excluding carboxylic acids is 1. The van der Waals surface area contributed by atoms with E-state index in [4.69, 9.17) is 0 Å². The first-order valence-electron chi connectivity index (χ1n) is 5.62. The zero-order valence-electron chi connectivity index (χ0n) is 9.59. The minimum Gasteiger partial charge on any atom is -0.340 e. The van der Waals surface area contributed by atoms with Crippen molar-refractivity contribution < 1.29 is 4.79 Å². The van der Waals surface area contributed by atoms with E-state index in [0.717, 1.165) is 32.7 Å². The van der Waals surface area contributed by atoms with Gasteiger partial charge in [-0.3, -0.25) is 14.7 Å². The van der Waals surface area contributed by atoms with Gasteiger partial charge in [0.1, 0.15) is 0 Å². The Balaban J connectivity index is 1.84.